The number of aromatic nitrogens is 2. The fraction of sp³-hybridized carbons (Fsp3) is 0.318. The molecule has 1 fully saturated rings. The van der Waals surface area contributed by atoms with Gasteiger partial charge in [-0.05, 0) is 48.7 Å². The van der Waals surface area contributed by atoms with Gasteiger partial charge in [0.25, 0.3) is 0 Å². The van der Waals surface area contributed by atoms with E-state index in [0.717, 1.165) is 24.0 Å². The lowest BCUT2D eigenvalue weighted by Crippen LogP contribution is -2.44. The van der Waals surface area contributed by atoms with E-state index < -0.39 is 0 Å². The van der Waals surface area contributed by atoms with Gasteiger partial charge in [0.05, 0.1) is 5.92 Å². The molecular formula is C22H21FN4O4. The number of fused-ring (bicyclic) bond motifs is 1. The highest BCUT2D eigenvalue weighted by atomic mass is 19.1. The molecule has 1 atom stereocenters. The van der Waals surface area contributed by atoms with E-state index in [1.807, 2.05) is 18.2 Å². The summed E-state index contributed by atoms with van der Waals surface area (Å²) in [4.78, 5) is 14.4. The third kappa shape index (κ3) is 4.16. The van der Waals surface area contributed by atoms with Gasteiger partial charge in [-0.25, -0.2) is 9.18 Å². The standard InChI is InChI=1S/C22H21FN4O4/c23-17-6-3-14(4-7-17)11-24-22(28)27-9-1-2-16(12-27)21-26-25-20(31-21)15-5-8-18-19(10-15)30-13-29-18/h3-8,10,16H,1-2,9,11-13H2,(H,24,28). The van der Waals surface area contributed by atoms with E-state index in [4.69, 9.17) is 13.9 Å². The van der Waals surface area contributed by atoms with Crippen molar-refractivity contribution in [1.29, 1.82) is 0 Å². The van der Waals surface area contributed by atoms with Crippen LogP contribution in [0.25, 0.3) is 11.5 Å². The summed E-state index contributed by atoms with van der Waals surface area (Å²) >= 11 is 0. The van der Waals surface area contributed by atoms with Crippen LogP contribution in [0, 0.1) is 5.82 Å². The van der Waals surface area contributed by atoms with Crippen molar-refractivity contribution in [2.75, 3.05) is 19.9 Å². The monoisotopic (exact) mass is 424 g/mol. The fourth-order valence-corrected chi connectivity index (χ4v) is 3.80. The van der Waals surface area contributed by atoms with Crippen molar-refractivity contribution in [2.24, 2.45) is 0 Å². The third-order valence-electron chi connectivity index (χ3n) is 5.47. The molecule has 160 valence electrons. The molecule has 0 spiro atoms. The first-order valence-electron chi connectivity index (χ1n) is 10.2. The zero-order valence-electron chi connectivity index (χ0n) is 16.7. The summed E-state index contributed by atoms with van der Waals surface area (Å²) in [6.45, 7) is 1.71. The van der Waals surface area contributed by atoms with E-state index >= 15 is 0 Å². The van der Waals surface area contributed by atoms with Crippen molar-refractivity contribution >= 4 is 6.03 Å². The first-order valence-corrected chi connectivity index (χ1v) is 10.2. The molecule has 0 radical (unpaired) electrons. The van der Waals surface area contributed by atoms with Crippen LogP contribution >= 0.6 is 0 Å². The summed E-state index contributed by atoms with van der Waals surface area (Å²) in [6, 6.07) is 11.4. The van der Waals surface area contributed by atoms with Gasteiger partial charge in [0.15, 0.2) is 11.5 Å². The van der Waals surface area contributed by atoms with Crippen molar-refractivity contribution < 1.29 is 23.1 Å². The van der Waals surface area contributed by atoms with Gasteiger partial charge in [-0.3, -0.25) is 0 Å². The van der Waals surface area contributed by atoms with E-state index in [1.54, 1.807) is 17.0 Å². The van der Waals surface area contributed by atoms with Crippen LogP contribution in [0.4, 0.5) is 9.18 Å². The summed E-state index contributed by atoms with van der Waals surface area (Å²) in [5.41, 5.74) is 1.60. The molecule has 9 heteroatoms. The average Bonchev–Trinajstić information content (AvgIpc) is 3.48. The van der Waals surface area contributed by atoms with Crippen molar-refractivity contribution in [2.45, 2.75) is 25.3 Å². The zero-order valence-corrected chi connectivity index (χ0v) is 16.7. The number of rotatable bonds is 4. The Morgan fingerprint density at radius 3 is 2.84 bits per heavy atom. The molecule has 1 N–H and O–H groups in total. The molecule has 0 bridgehead atoms. The number of urea groups is 1. The normalized spacial score (nSPS) is 17.6. The van der Waals surface area contributed by atoms with E-state index in [1.165, 1.54) is 12.1 Å². The Balaban J connectivity index is 1.22. The van der Waals surface area contributed by atoms with Crippen LogP contribution < -0.4 is 14.8 Å². The third-order valence-corrected chi connectivity index (χ3v) is 5.47. The zero-order chi connectivity index (χ0) is 21.2. The number of carbonyl (C=O) groups excluding carboxylic acids is 1. The molecular weight excluding hydrogens is 403 g/mol. The lowest BCUT2D eigenvalue weighted by atomic mass is 9.98. The van der Waals surface area contributed by atoms with Gasteiger partial charge < -0.3 is 24.1 Å². The predicted octanol–water partition coefficient (Wildman–Crippen LogP) is 3.69. The first kappa shape index (κ1) is 19.3. The molecule has 0 aliphatic carbocycles. The summed E-state index contributed by atoms with van der Waals surface area (Å²) in [7, 11) is 0. The van der Waals surface area contributed by atoms with Gasteiger partial charge >= 0.3 is 6.03 Å². The lowest BCUT2D eigenvalue weighted by molar-refractivity contribution is 0.173. The van der Waals surface area contributed by atoms with E-state index in [2.05, 4.69) is 15.5 Å². The Morgan fingerprint density at radius 1 is 1.13 bits per heavy atom. The van der Waals surface area contributed by atoms with Crippen LogP contribution in [-0.2, 0) is 6.54 Å². The molecule has 1 aromatic heterocycles. The number of nitrogens with one attached hydrogen (secondary N) is 1. The molecule has 3 heterocycles. The smallest absolute Gasteiger partial charge is 0.317 e. The van der Waals surface area contributed by atoms with Crippen LogP contribution in [-0.4, -0.2) is 41.0 Å². The maximum Gasteiger partial charge on any atom is 0.317 e. The Hall–Kier alpha value is -3.62. The number of benzene rings is 2. The minimum absolute atomic E-state index is 0.0272. The molecule has 5 rings (SSSR count). The van der Waals surface area contributed by atoms with Crippen LogP contribution in [0.5, 0.6) is 11.5 Å². The number of amides is 2. The second-order valence-corrected chi connectivity index (χ2v) is 7.58. The van der Waals surface area contributed by atoms with Crippen molar-refractivity contribution in [3.05, 3.63) is 59.7 Å². The number of likely N-dealkylation sites (tertiary alicyclic amines) is 1. The number of hydrogen-bond donors (Lipinski definition) is 1. The molecule has 1 saturated heterocycles. The fourth-order valence-electron chi connectivity index (χ4n) is 3.80. The van der Waals surface area contributed by atoms with E-state index in [9.17, 15) is 9.18 Å². The highest BCUT2D eigenvalue weighted by Crippen LogP contribution is 2.36. The Bertz CT molecular complexity index is 1090. The van der Waals surface area contributed by atoms with Gasteiger partial charge in [0.1, 0.15) is 5.82 Å². The number of halogens is 1. The lowest BCUT2D eigenvalue weighted by Gasteiger charge is -2.31. The predicted molar refractivity (Wildman–Crippen MR) is 108 cm³/mol. The second kappa shape index (κ2) is 8.25. The summed E-state index contributed by atoms with van der Waals surface area (Å²) in [6.07, 6.45) is 1.71. The topological polar surface area (TPSA) is 89.7 Å². The number of hydrogen-bond acceptors (Lipinski definition) is 6. The van der Waals surface area contributed by atoms with Crippen LogP contribution in [0.2, 0.25) is 0 Å². The molecule has 2 amide bonds. The summed E-state index contributed by atoms with van der Waals surface area (Å²) in [5, 5.41) is 11.3. The van der Waals surface area contributed by atoms with Crippen LogP contribution in [0.3, 0.4) is 0 Å². The molecule has 2 aliphatic heterocycles. The second-order valence-electron chi connectivity index (χ2n) is 7.58. The van der Waals surface area contributed by atoms with Gasteiger partial charge in [0, 0.05) is 25.2 Å². The molecule has 1 unspecified atom stereocenters. The highest BCUT2D eigenvalue weighted by molar-refractivity contribution is 5.74. The molecule has 31 heavy (non-hydrogen) atoms. The molecule has 3 aromatic rings. The number of nitrogens with zero attached hydrogens (tertiary/aromatic N) is 3. The van der Waals surface area contributed by atoms with Crippen LogP contribution in [0.1, 0.15) is 30.2 Å². The average molecular weight is 424 g/mol. The molecule has 2 aliphatic rings. The quantitative estimate of drug-likeness (QED) is 0.687. The van der Waals surface area contributed by atoms with Crippen molar-refractivity contribution in [3.63, 3.8) is 0 Å². The maximum atomic E-state index is 13.0. The van der Waals surface area contributed by atoms with Crippen molar-refractivity contribution in [3.8, 4) is 23.0 Å². The van der Waals surface area contributed by atoms with E-state index in [0.29, 0.717) is 42.9 Å². The Kier molecular flexibility index (Phi) is 5.15. The molecule has 0 saturated carbocycles. The van der Waals surface area contributed by atoms with E-state index in [-0.39, 0.29) is 24.6 Å². The Labute approximate surface area is 178 Å². The summed E-state index contributed by atoms with van der Waals surface area (Å²) in [5.74, 6) is 1.95. The number of ether oxygens (including phenoxy) is 2. The maximum absolute atomic E-state index is 13.0. The SMILES string of the molecule is O=C(NCc1ccc(F)cc1)N1CCCC(c2nnc(-c3ccc4c(c3)OCO4)o2)C1. The number of carbonyl (C=O) groups is 1. The van der Waals surface area contributed by atoms with Crippen molar-refractivity contribution in [1.82, 2.24) is 20.4 Å². The largest absolute Gasteiger partial charge is 0.454 e. The number of piperidine rings is 1. The van der Waals surface area contributed by atoms with Gasteiger partial charge in [-0.1, -0.05) is 12.1 Å². The minimum Gasteiger partial charge on any atom is -0.454 e. The van der Waals surface area contributed by atoms with Gasteiger partial charge in [0.2, 0.25) is 18.6 Å². The first-order chi connectivity index (χ1) is 15.2. The minimum atomic E-state index is -0.298. The molecule has 2 aromatic carbocycles. The Morgan fingerprint density at radius 2 is 1.97 bits per heavy atom. The molecule has 8 nitrogen and oxygen atoms in total. The highest BCUT2D eigenvalue weighted by Gasteiger charge is 2.29. The van der Waals surface area contributed by atoms with Crippen LogP contribution in [0.15, 0.2) is 46.9 Å². The van der Waals surface area contributed by atoms with Gasteiger partial charge in [-0.2, -0.15) is 0 Å². The van der Waals surface area contributed by atoms with Gasteiger partial charge in [-0.15, -0.1) is 10.2 Å². The summed E-state index contributed by atoms with van der Waals surface area (Å²) < 4.78 is 29.7.